The van der Waals surface area contributed by atoms with Gasteiger partial charge in [-0.15, -0.1) is 0 Å². The molecule has 2 rings (SSSR count). The Morgan fingerprint density at radius 2 is 1.92 bits per heavy atom. The summed E-state index contributed by atoms with van der Waals surface area (Å²) in [5, 5.41) is 0.627. The van der Waals surface area contributed by atoms with Crippen molar-refractivity contribution in [3.63, 3.8) is 0 Å². The van der Waals surface area contributed by atoms with Gasteiger partial charge in [-0.3, -0.25) is 9.59 Å². The Bertz CT molecular complexity index is 755. The number of esters is 1. The summed E-state index contributed by atoms with van der Waals surface area (Å²) in [6.45, 7) is 2.15. The highest BCUT2D eigenvalue weighted by atomic mass is 79.9. The third-order valence-electron chi connectivity index (χ3n) is 3.73. The number of ether oxygens (including phenoxy) is 2. The quantitative estimate of drug-likeness (QED) is 0.370. The maximum atomic E-state index is 12.2. The zero-order valence-corrected chi connectivity index (χ0v) is 16.0. The maximum absolute atomic E-state index is 12.2. The van der Waals surface area contributed by atoms with Crippen molar-refractivity contribution in [3.05, 3.63) is 53.6 Å². The van der Waals surface area contributed by atoms with Gasteiger partial charge in [-0.05, 0) is 36.2 Å². The maximum Gasteiger partial charge on any atom is 0.310 e. The SMILES string of the molecule is CCOC(=O)Cc1cccc(-c2cc(C(=O)CCBr)ccc2OC)c1. The molecule has 0 saturated heterocycles. The number of carbonyl (C=O) groups excluding carboxylic acids is 2. The van der Waals surface area contributed by atoms with Crippen molar-refractivity contribution in [2.75, 3.05) is 19.0 Å². The average molecular weight is 405 g/mol. The molecule has 0 atom stereocenters. The summed E-state index contributed by atoms with van der Waals surface area (Å²) in [4.78, 5) is 23.9. The molecule has 132 valence electrons. The minimum Gasteiger partial charge on any atom is -0.496 e. The molecular weight excluding hydrogens is 384 g/mol. The Morgan fingerprint density at radius 1 is 1.12 bits per heavy atom. The lowest BCUT2D eigenvalue weighted by Crippen LogP contribution is -2.07. The van der Waals surface area contributed by atoms with Gasteiger partial charge in [0.1, 0.15) is 5.75 Å². The first kappa shape index (κ1) is 19.2. The molecule has 0 aliphatic carbocycles. The molecule has 0 aliphatic heterocycles. The van der Waals surface area contributed by atoms with Gasteiger partial charge in [0.25, 0.3) is 0 Å². The van der Waals surface area contributed by atoms with Gasteiger partial charge < -0.3 is 9.47 Å². The summed E-state index contributed by atoms with van der Waals surface area (Å²) in [5.74, 6) is 0.500. The molecule has 0 unspecified atom stereocenters. The van der Waals surface area contributed by atoms with Crippen molar-refractivity contribution in [1.29, 1.82) is 0 Å². The standard InChI is InChI=1S/C20H21BrO4/c1-3-25-20(23)12-14-5-4-6-15(11-14)17-13-16(18(22)9-10-21)7-8-19(17)24-2/h4-8,11,13H,3,9-10,12H2,1-2H3. The van der Waals surface area contributed by atoms with Crippen molar-refractivity contribution in [1.82, 2.24) is 0 Å². The number of benzene rings is 2. The average Bonchev–Trinajstić information content (AvgIpc) is 2.61. The van der Waals surface area contributed by atoms with Gasteiger partial charge in [0.05, 0.1) is 20.1 Å². The summed E-state index contributed by atoms with van der Waals surface area (Å²) in [6.07, 6.45) is 0.654. The molecule has 0 saturated carbocycles. The van der Waals surface area contributed by atoms with Crippen LogP contribution in [0.3, 0.4) is 0 Å². The van der Waals surface area contributed by atoms with Gasteiger partial charge in [0.15, 0.2) is 5.78 Å². The van der Waals surface area contributed by atoms with Crippen LogP contribution in [-0.2, 0) is 16.0 Å². The highest BCUT2D eigenvalue weighted by Crippen LogP contribution is 2.32. The lowest BCUT2D eigenvalue weighted by molar-refractivity contribution is -0.142. The van der Waals surface area contributed by atoms with E-state index in [4.69, 9.17) is 9.47 Å². The number of rotatable bonds is 8. The smallest absolute Gasteiger partial charge is 0.310 e. The number of hydrogen-bond acceptors (Lipinski definition) is 4. The van der Waals surface area contributed by atoms with E-state index in [1.807, 2.05) is 30.3 Å². The van der Waals surface area contributed by atoms with Crippen LogP contribution >= 0.6 is 15.9 Å². The van der Waals surface area contributed by atoms with Gasteiger partial charge >= 0.3 is 5.97 Å². The highest BCUT2D eigenvalue weighted by Gasteiger charge is 2.13. The van der Waals surface area contributed by atoms with Crippen LogP contribution in [0.4, 0.5) is 0 Å². The molecule has 0 radical (unpaired) electrons. The lowest BCUT2D eigenvalue weighted by atomic mass is 9.97. The summed E-state index contributed by atoms with van der Waals surface area (Å²) in [7, 11) is 1.60. The predicted octanol–water partition coefficient (Wildman–Crippen LogP) is 4.44. The van der Waals surface area contributed by atoms with Crippen molar-refractivity contribution >= 4 is 27.7 Å². The van der Waals surface area contributed by atoms with Crippen LogP contribution in [0, 0.1) is 0 Å². The third kappa shape index (κ3) is 5.16. The van der Waals surface area contributed by atoms with Crippen molar-refractivity contribution in [2.24, 2.45) is 0 Å². The molecule has 0 bridgehead atoms. The topological polar surface area (TPSA) is 52.6 Å². The molecule has 2 aromatic rings. The Labute approximate surface area is 156 Å². The summed E-state index contributed by atoms with van der Waals surface area (Å²) >= 11 is 3.29. The van der Waals surface area contributed by atoms with Crippen LogP contribution in [0.5, 0.6) is 5.75 Å². The van der Waals surface area contributed by atoms with E-state index in [0.717, 1.165) is 16.7 Å². The van der Waals surface area contributed by atoms with E-state index in [1.54, 1.807) is 26.2 Å². The van der Waals surface area contributed by atoms with E-state index in [1.165, 1.54) is 0 Å². The van der Waals surface area contributed by atoms with E-state index in [9.17, 15) is 9.59 Å². The van der Waals surface area contributed by atoms with Crippen LogP contribution in [0.2, 0.25) is 0 Å². The van der Waals surface area contributed by atoms with Gasteiger partial charge in [0.2, 0.25) is 0 Å². The van der Waals surface area contributed by atoms with Crippen molar-refractivity contribution in [2.45, 2.75) is 19.8 Å². The Hall–Kier alpha value is -2.14. The Morgan fingerprint density at radius 3 is 2.60 bits per heavy atom. The monoisotopic (exact) mass is 404 g/mol. The van der Waals surface area contributed by atoms with Crippen LogP contribution in [0.25, 0.3) is 11.1 Å². The lowest BCUT2D eigenvalue weighted by Gasteiger charge is -2.12. The molecule has 5 heteroatoms. The number of methoxy groups -OCH3 is 1. The first-order chi connectivity index (χ1) is 12.1. The van der Waals surface area contributed by atoms with Crippen molar-refractivity contribution < 1.29 is 19.1 Å². The van der Waals surface area contributed by atoms with Crippen LogP contribution in [-0.4, -0.2) is 30.8 Å². The van der Waals surface area contributed by atoms with Gasteiger partial charge in [-0.1, -0.05) is 40.2 Å². The molecule has 0 N–H and O–H groups in total. The fourth-order valence-corrected chi connectivity index (χ4v) is 2.92. The third-order valence-corrected chi connectivity index (χ3v) is 4.13. The fourth-order valence-electron chi connectivity index (χ4n) is 2.56. The fraction of sp³-hybridized carbons (Fsp3) is 0.300. The summed E-state index contributed by atoms with van der Waals surface area (Å²) < 4.78 is 10.4. The normalized spacial score (nSPS) is 10.4. The van der Waals surface area contributed by atoms with E-state index in [-0.39, 0.29) is 18.2 Å². The number of halogens is 1. The number of alkyl halides is 1. The minimum absolute atomic E-state index is 0.0726. The summed E-state index contributed by atoms with van der Waals surface area (Å²) in [6, 6.07) is 13.0. The summed E-state index contributed by atoms with van der Waals surface area (Å²) in [5.41, 5.74) is 3.22. The molecule has 2 aromatic carbocycles. The van der Waals surface area contributed by atoms with E-state index in [2.05, 4.69) is 15.9 Å². The number of hydrogen-bond donors (Lipinski definition) is 0. The molecule has 4 nitrogen and oxygen atoms in total. The molecule has 0 fully saturated rings. The second kappa shape index (κ2) is 9.37. The van der Waals surface area contributed by atoms with E-state index < -0.39 is 0 Å². The number of Topliss-reactive ketones (excluding diaryl/α,β-unsaturated/α-hetero) is 1. The van der Waals surface area contributed by atoms with E-state index >= 15 is 0 Å². The minimum atomic E-state index is -0.257. The zero-order valence-electron chi connectivity index (χ0n) is 14.4. The van der Waals surface area contributed by atoms with Crippen LogP contribution in [0.15, 0.2) is 42.5 Å². The van der Waals surface area contributed by atoms with Gasteiger partial charge in [-0.2, -0.15) is 0 Å². The van der Waals surface area contributed by atoms with E-state index in [0.29, 0.717) is 29.7 Å². The number of ketones is 1. The highest BCUT2D eigenvalue weighted by molar-refractivity contribution is 9.09. The molecule has 0 spiro atoms. The molecule has 25 heavy (non-hydrogen) atoms. The zero-order chi connectivity index (χ0) is 18.2. The molecule has 0 heterocycles. The Kier molecular flexibility index (Phi) is 7.19. The van der Waals surface area contributed by atoms with Crippen LogP contribution < -0.4 is 4.74 Å². The molecule has 0 aliphatic rings. The van der Waals surface area contributed by atoms with Crippen molar-refractivity contribution in [3.8, 4) is 16.9 Å². The molecule has 0 aromatic heterocycles. The largest absolute Gasteiger partial charge is 0.496 e. The second-order valence-electron chi connectivity index (χ2n) is 5.46. The van der Waals surface area contributed by atoms with Gasteiger partial charge in [0, 0.05) is 22.9 Å². The Balaban J connectivity index is 2.37. The van der Waals surface area contributed by atoms with Crippen LogP contribution in [0.1, 0.15) is 29.3 Å². The second-order valence-corrected chi connectivity index (χ2v) is 6.25. The molecular formula is C20H21BrO4. The number of carbonyl (C=O) groups is 2. The first-order valence-corrected chi connectivity index (χ1v) is 9.23. The molecule has 0 amide bonds. The van der Waals surface area contributed by atoms with Gasteiger partial charge in [-0.25, -0.2) is 0 Å². The first-order valence-electron chi connectivity index (χ1n) is 8.11. The predicted molar refractivity (Wildman–Crippen MR) is 102 cm³/mol.